The number of ether oxygens (including phenoxy) is 2. The van der Waals surface area contributed by atoms with Crippen LogP contribution in [0.25, 0.3) is 0 Å². The molecule has 3 nitrogen and oxygen atoms in total. The lowest BCUT2D eigenvalue weighted by molar-refractivity contribution is 0.0536. The Hall–Kier alpha value is -0.780. The normalized spacial score (nSPS) is 9.57. The van der Waals surface area contributed by atoms with E-state index in [4.69, 9.17) is 4.74 Å². The summed E-state index contributed by atoms with van der Waals surface area (Å²) >= 11 is 2.22. The third-order valence-electron chi connectivity index (χ3n) is 1.53. The first-order valence-electron chi connectivity index (χ1n) is 4.26. The van der Waals surface area contributed by atoms with E-state index in [9.17, 15) is 4.79 Å². The van der Waals surface area contributed by atoms with Gasteiger partial charge in [0.15, 0.2) is 0 Å². The Morgan fingerprint density at radius 3 is 2.50 bits per heavy atom. The lowest BCUT2D eigenvalue weighted by atomic mass is 10.2. The lowest BCUT2D eigenvalue weighted by Crippen LogP contribution is -2.06. The molecule has 0 aliphatic heterocycles. The Labute approximate surface area is 96.5 Å². The number of rotatable bonds is 3. The molecule has 1 aromatic carbocycles. The zero-order chi connectivity index (χ0) is 10.4. The second-order valence-electron chi connectivity index (χ2n) is 2.60. The van der Waals surface area contributed by atoms with Crippen LogP contribution in [0.2, 0.25) is 0 Å². The molecule has 0 fully saturated rings. The summed E-state index contributed by atoms with van der Waals surface area (Å²) in [4.78, 5) is 10.8. The summed E-state index contributed by atoms with van der Waals surface area (Å²) in [5.41, 5.74) is 0.957. The summed E-state index contributed by atoms with van der Waals surface area (Å²) in [6, 6.07) is 7.76. The summed E-state index contributed by atoms with van der Waals surface area (Å²) in [5.74, 6) is 0. The van der Waals surface area contributed by atoms with Crippen LogP contribution < -0.4 is 0 Å². The smallest absolute Gasteiger partial charge is 0.435 e. The first-order valence-corrected chi connectivity index (χ1v) is 5.34. The number of halogens is 1. The van der Waals surface area contributed by atoms with Crippen molar-refractivity contribution in [1.82, 2.24) is 0 Å². The van der Waals surface area contributed by atoms with Crippen LogP contribution >= 0.6 is 22.6 Å². The van der Waals surface area contributed by atoms with Crippen LogP contribution in [0, 0.1) is 3.57 Å². The zero-order valence-corrected chi connectivity index (χ0v) is 9.98. The van der Waals surface area contributed by atoms with E-state index in [0.717, 1.165) is 9.13 Å². The van der Waals surface area contributed by atoms with E-state index in [2.05, 4.69) is 27.3 Å². The minimum absolute atomic E-state index is 0.260. The fraction of sp³-hybridized carbons (Fsp3) is 0.300. The molecule has 1 rings (SSSR count). The Kier molecular flexibility index (Phi) is 4.72. The van der Waals surface area contributed by atoms with E-state index < -0.39 is 6.16 Å². The topological polar surface area (TPSA) is 35.5 Å². The zero-order valence-electron chi connectivity index (χ0n) is 7.83. The highest BCUT2D eigenvalue weighted by molar-refractivity contribution is 14.1. The van der Waals surface area contributed by atoms with Crippen molar-refractivity contribution < 1.29 is 14.3 Å². The standard InChI is InChI=1S/C10H11IO3/c1-2-13-10(12)14-7-8-3-5-9(11)6-4-8/h3-6H,2,7H2,1H3. The summed E-state index contributed by atoms with van der Waals surface area (Å²) in [6.07, 6.45) is -0.619. The monoisotopic (exact) mass is 306 g/mol. The first-order chi connectivity index (χ1) is 6.72. The van der Waals surface area contributed by atoms with Crippen molar-refractivity contribution >= 4 is 28.7 Å². The number of carbonyl (C=O) groups excluding carboxylic acids is 1. The Morgan fingerprint density at radius 2 is 1.93 bits per heavy atom. The molecule has 76 valence electrons. The van der Waals surface area contributed by atoms with Gasteiger partial charge in [-0.15, -0.1) is 0 Å². The molecule has 14 heavy (non-hydrogen) atoms. The molecule has 0 aliphatic rings. The molecule has 0 saturated heterocycles. The minimum atomic E-state index is -0.619. The van der Waals surface area contributed by atoms with Crippen molar-refractivity contribution in [3.8, 4) is 0 Å². The van der Waals surface area contributed by atoms with Gasteiger partial charge in [0.25, 0.3) is 0 Å². The van der Waals surface area contributed by atoms with Gasteiger partial charge >= 0.3 is 6.16 Å². The van der Waals surface area contributed by atoms with Crippen LogP contribution in [0.5, 0.6) is 0 Å². The summed E-state index contributed by atoms with van der Waals surface area (Å²) in [7, 11) is 0. The molecule has 0 radical (unpaired) electrons. The summed E-state index contributed by atoms with van der Waals surface area (Å²) in [5, 5.41) is 0. The van der Waals surface area contributed by atoms with Crippen molar-refractivity contribution in [3.05, 3.63) is 33.4 Å². The molecule has 1 aromatic rings. The van der Waals surface area contributed by atoms with Gasteiger partial charge in [0.2, 0.25) is 0 Å². The molecule has 0 aromatic heterocycles. The van der Waals surface area contributed by atoms with Crippen LogP contribution in [0.15, 0.2) is 24.3 Å². The van der Waals surface area contributed by atoms with Gasteiger partial charge in [-0.3, -0.25) is 0 Å². The van der Waals surface area contributed by atoms with Crippen molar-refractivity contribution in [3.63, 3.8) is 0 Å². The Morgan fingerprint density at radius 1 is 1.29 bits per heavy atom. The maximum absolute atomic E-state index is 10.8. The molecule has 0 unspecified atom stereocenters. The third kappa shape index (κ3) is 3.95. The van der Waals surface area contributed by atoms with Crippen LogP contribution in [0.3, 0.4) is 0 Å². The molecule has 0 atom stereocenters. The largest absolute Gasteiger partial charge is 0.508 e. The fourth-order valence-corrected chi connectivity index (χ4v) is 1.24. The number of benzene rings is 1. The Bertz CT molecular complexity index is 295. The predicted octanol–water partition coefficient (Wildman–Crippen LogP) is 2.96. The number of hydrogen-bond donors (Lipinski definition) is 0. The SMILES string of the molecule is CCOC(=O)OCc1ccc(I)cc1. The highest BCUT2D eigenvalue weighted by Gasteiger charge is 2.01. The second-order valence-corrected chi connectivity index (χ2v) is 3.84. The number of carbonyl (C=O) groups is 1. The van der Waals surface area contributed by atoms with E-state index in [1.807, 2.05) is 24.3 Å². The van der Waals surface area contributed by atoms with Gasteiger partial charge in [-0.05, 0) is 47.2 Å². The van der Waals surface area contributed by atoms with Gasteiger partial charge < -0.3 is 9.47 Å². The average Bonchev–Trinajstić information content (AvgIpc) is 2.17. The van der Waals surface area contributed by atoms with E-state index in [-0.39, 0.29) is 6.61 Å². The molecule has 0 heterocycles. The van der Waals surface area contributed by atoms with Crippen molar-refractivity contribution in [1.29, 1.82) is 0 Å². The maximum atomic E-state index is 10.8. The minimum Gasteiger partial charge on any atom is -0.435 e. The van der Waals surface area contributed by atoms with Crippen LogP contribution in [0.1, 0.15) is 12.5 Å². The molecular formula is C10H11IO3. The van der Waals surface area contributed by atoms with Crippen molar-refractivity contribution in [2.75, 3.05) is 6.61 Å². The maximum Gasteiger partial charge on any atom is 0.508 e. The van der Waals surface area contributed by atoms with E-state index in [1.54, 1.807) is 6.92 Å². The highest BCUT2D eigenvalue weighted by atomic mass is 127. The van der Waals surface area contributed by atoms with Gasteiger partial charge in [-0.2, -0.15) is 0 Å². The van der Waals surface area contributed by atoms with E-state index in [1.165, 1.54) is 0 Å². The summed E-state index contributed by atoms with van der Waals surface area (Å²) in [6.45, 7) is 2.34. The first kappa shape index (κ1) is 11.3. The number of hydrogen-bond acceptors (Lipinski definition) is 3. The highest BCUT2D eigenvalue weighted by Crippen LogP contribution is 2.07. The average molecular weight is 306 g/mol. The third-order valence-corrected chi connectivity index (χ3v) is 2.25. The lowest BCUT2D eigenvalue weighted by Gasteiger charge is -2.04. The molecule has 4 heteroatoms. The van der Waals surface area contributed by atoms with Gasteiger partial charge in [0.05, 0.1) is 6.61 Å². The van der Waals surface area contributed by atoms with Gasteiger partial charge in [0, 0.05) is 3.57 Å². The fourth-order valence-electron chi connectivity index (χ4n) is 0.882. The predicted molar refractivity (Wildman–Crippen MR) is 61.0 cm³/mol. The molecule has 0 amide bonds. The molecule has 0 bridgehead atoms. The van der Waals surface area contributed by atoms with Crippen LogP contribution in [-0.4, -0.2) is 12.8 Å². The van der Waals surface area contributed by atoms with E-state index >= 15 is 0 Å². The second kappa shape index (κ2) is 5.85. The Balaban J connectivity index is 2.38. The summed E-state index contributed by atoms with van der Waals surface area (Å²) < 4.78 is 10.6. The van der Waals surface area contributed by atoms with Crippen molar-refractivity contribution in [2.24, 2.45) is 0 Å². The van der Waals surface area contributed by atoms with Gasteiger partial charge in [-0.25, -0.2) is 4.79 Å². The van der Waals surface area contributed by atoms with Crippen LogP contribution in [0.4, 0.5) is 4.79 Å². The van der Waals surface area contributed by atoms with Gasteiger partial charge in [0.1, 0.15) is 6.61 Å². The van der Waals surface area contributed by atoms with Crippen LogP contribution in [-0.2, 0) is 16.1 Å². The van der Waals surface area contributed by atoms with Gasteiger partial charge in [-0.1, -0.05) is 12.1 Å². The quantitative estimate of drug-likeness (QED) is 0.636. The molecule has 0 N–H and O–H groups in total. The van der Waals surface area contributed by atoms with Crippen molar-refractivity contribution in [2.45, 2.75) is 13.5 Å². The molecule has 0 aliphatic carbocycles. The molecular weight excluding hydrogens is 295 g/mol. The molecule has 0 saturated carbocycles. The molecule has 0 spiro atoms. The van der Waals surface area contributed by atoms with E-state index in [0.29, 0.717) is 6.61 Å².